The lowest BCUT2D eigenvalue weighted by Crippen LogP contribution is -2.06. The second kappa shape index (κ2) is 4.06. The van der Waals surface area contributed by atoms with Crippen molar-refractivity contribution in [2.75, 3.05) is 14.2 Å². The van der Waals surface area contributed by atoms with Crippen molar-refractivity contribution in [2.24, 2.45) is 0 Å². The highest BCUT2D eigenvalue weighted by Gasteiger charge is 2.24. The highest BCUT2D eigenvalue weighted by Crippen LogP contribution is 2.45. The summed E-state index contributed by atoms with van der Waals surface area (Å²) in [6.07, 6.45) is 0. The Bertz CT molecular complexity index is 512. The predicted octanol–water partition coefficient (Wildman–Crippen LogP) is 3.01. The van der Waals surface area contributed by atoms with Crippen LogP contribution >= 0.6 is 18.9 Å². The van der Waals surface area contributed by atoms with E-state index in [0.29, 0.717) is 5.30 Å². The molecule has 0 unspecified atom stereocenters. The van der Waals surface area contributed by atoms with Crippen molar-refractivity contribution in [3.8, 4) is 0 Å². The van der Waals surface area contributed by atoms with Gasteiger partial charge in [0.2, 0.25) is 0 Å². The number of hydrogen-bond donors (Lipinski definition) is 0. The minimum atomic E-state index is -3.11. The van der Waals surface area contributed by atoms with Gasteiger partial charge in [-0.3, -0.25) is 4.57 Å². The maximum absolute atomic E-state index is 12.1. The zero-order valence-electron chi connectivity index (χ0n) is 8.47. The lowest BCUT2D eigenvalue weighted by Gasteiger charge is -2.13. The quantitative estimate of drug-likeness (QED) is 0.776. The summed E-state index contributed by atoms with van der Waals surface area (Å²) in [4.78, 5) is 0. The van der Waals surface area contributed by atoms with E-state index in [1.54, 1.807) is 17.4 Å². The molecule has 1 aromatic heterocycles. The highest BCUT2D eigenvalue weighted by atomic mass is 32.1. The van der Waals surface area contributed by atoms with Crippen LogP contribution in [0.1, 0.15) is 0 Å². The molecule has 80 valence electrons. The van der Waals surface area contributed by atoms with Gasteiger partial charge in [0.05, 0.1) is 5.30 Å². The van der Waals surface area contributed by atoms with Crippen molar-refractivity contribution in [2.45, 2.75) is 0 Å². The lowest BCUT2D eigenvalue weighted by atomic mass is 10.3. The molecular weight excluding hydrogens is 231 g/mol. The molecule has 0 saturated heterocycles. The van der Waals surface area contributed by atoms with Crippen molar-refractivity contribution in [3.05, 3.63) is 29.6 Å². The Hall–Kier alpha value is -0.670. The fraction of sp³-hybridized carbons (Fsp3) is 0.200. The van der Waals surface area contributed by atoms with E-state index < -0.39 is 7.60 Å². The number of thiophene rings is 1. The Morgan fingerprint density at radius 3 is 2.60 bits per heavy atom. The third-order valence-corrected chi connectivity index (χ3v) is 5.00. The average molecular weight is 242 g/mol. The molecule has 0 atom stereocenters. The van der Waals surface area contributed by atoms with Gasteiger partial charge in [0.25, 0.3) is 0 Å². The fourth-order valence-electron chi connectivity index (χ4n) is 1.41. The van der Waals surface area contributed by atoms with Gasteiger partial charge in [0.15, 0.2) is 0 Å². The van der Waals surface area contributed by atoms with Gasteiger partial charge in [-0.05, 0) is 35.0 Å². The van der Waals surface area contributed by atoms with Crippen LogP contribution in [0.4, 0.5) is 0 Å². The normalized spacial score (nSPS) is 12.1. The summed E-state index contributed by atoms with van der Waals surface area (Å²) in [7, 11) is -0.327. The zero-order valence-corrected chi connectivity index (χ0v) is 10.2. The molecule has 0 amide bonds. The molecule has 2 rings (SSSR count). The molecule has 3 nitrogen and oxygen atoms in total. The van der Waals surface area contributed by atoms with Crippen LogP contribution in [-0.4, -0.2) is 14.2 Å². The molecule has 0 fully saturated rings. The first-order valence-corrected chi connectivity index (χ1v) is 6.81. The van der Waals surface area contributed by atoms with Crippen molar-refractivity contribution in [3.63, 3.8) is 0 Å². The summed E-state index contributed by atoms with van der Waals surface area (Å²) in [5, 5.41) is 3.66. The monoisotopic (exact) mass is 242 g/mol. The summed E-state index contributed by atoms with van der Waals surface area (Å²) in [6.45, 7) is 0. The second-order valence-electron chi connectivity index (χ2n) is 3.01. The topological polar surface area (TPSA) is 35.5 Å². The molecule has 2 aromatic rings. The van der Waals surface area contributed by atoms with Crippen LogP contribution in [0.5, 0.6) is 0 Å². The summed E-state index contributed by atoms with van der Waals surface area (Å²) in [5.41, 5.74) is 0. The smallest absolute Gasteiger partial charge is 0.309 e. The molecule has 5 heteroatoms. The first kappa shape index (κ1) is 10.8. The molecule has 1 aromatic carbocycles. The first-order valence-electron chi connectivity index (χ1n) is 4.39. The van der Waals surface area contributed by atoms with Gasteiger partial charge in [-0.15, -0.1) is 11.3 Å². The van der Waals surface area contributed by atoms with Gasteiger partial charge in [0.1, 0.15) is 0 Å². The number of hydrogen-bond acceptors (Lipinski definition) is 4. The Labute approximate surface area is 92.2 Å². The fourth-order valence-corrected chi connectivity index (χ4v) is 3.31. The van der Waals surface area contributed by atoms with Crippen molar-refractivity contribution in [1.29, 1.82) is 0 Å². The molecule has 0 radical (unpaired) electrons. The van der Waals surface area contributed by atoms with E-state index in [2.05, 4.69) is 0 Å². The van der Waals surface area contributed by atoms with Crippen molar-refractivity contribution >= 4 is 34.3 Å². The van der Waals surface area contributed by atoms with Crippen LogP contribution in [0.25, 0.3) is 10.1 Å². The Morgan fingerprint density at radius 2 is 1.93 bits per heavy atom. The standard InChI is InChI=1S/C10H11O3PS/c1-12-14(11,13-2)9-3-4-10-8(7-9)5-6-15-10/h3-7H,1-2H3. The highest BCUT2D eigenvalue weighted by molar-refractivity contribution is 7.62. The van der Waals surface area contributed by atoms with Gasteiger partial charge in [0, 0.05) is 18.9 Å². The molecule has 1 heterocycles. The first-order chi connectivity index (χ1) is 7.19. The molecule has 0 bridgehead atoms. The van der Waals surface area contributed by atoms with Gasteiger partial charge < -0.3 is 9.05 Å². The molecule has 0 aliphatic heterocycles. The van der Waals surface area contributed by atoms with E-state index in [1.165, 1.54) is 14.2 Å². The minimum Gasteiger partial charge on any atom is -0.309 e. The summed E-state index contributed by atoms with van der Waals surface area (Å²) in [5.74, 6) is 0. The largest absolute Gasteiger partial charge is 0.360 e. The predicted molar refractivity (Wildman–Crippen MR) is 63.1 cm³/mol. The van der Waals surface area contributed by atoms with Crippen molar-refractivity contribution < 1.29 is 13.6 Å². The Kier molecular flexibility index (Phi) is 2.94. The zero-order chi connectivity index (χ0) is 10.9. The van der Waals surface area contributed by atoms with Crippen LogP contribution in [0.15, 0.2) is 29.6 Å². The molecule has 0 spiro atoms. The van der Waals surface area contributed by atoms with Gasteiger partial charge in [-0.25, -0.2) is 0 Å². The van der Waals surface area contributed by atoms with Crippen LogP contribution in [0.2, 0.25) is 0 Å². The van der Waals surface area contributed by atoms with E-state index in [0.717, 1.165) is 10.1 Å². The van der Waals surface area contributed by atoms with Crippen LogP contribution in [-0.2, 0) is 13.6 Å². The minimum absolute atomic E-state index is 0.596. The molecule has 0 saturated carbocycles. The molecule has 0 aliphatic rings. The number of rotatable bonds is 3. The third-order valence-electron chi connectivity index (χ3n) is 2.23. The van der Waals surface area contributed by atoms with Crippen LogP contribution < -0.4 is 5.30 Å². The summed E-state index contributed by atoms with van der Waals surface area (Å²) < 4.78 is 23.1. The second-order valence-corrected chi connectivity index (χ2v) is 6.19. The van der Waals surface area contributed by atoms with Gasteiger partial charge in [-0.1, -0.05) is 0 Å². The van der Waals surface area contributed by atoms with Crippen LogP contribution in [0.3, 0.4) is 0 Å². The van der Waals surface area contributed by atoms with E-state index >= 15 is 0 Å². The van der Waals surface area contributed by atoms with Crippen molar-refractivity contribution in [1.82, 2.24) is 0 Å². The number of benzene rings is 1. The summed E-state index contributed by atoms with van der Waals surface area (Å²) >= 11 is 1.65. The van der Waals surface area contributed by atoms with E-state index in [1.807, 2.05) is 23.6 Å². The SMILES string of the molecule is COP(=O)(OC)c1ccc2sccc2c1. The molecule has 0 aliphatic carbocycles. The van der Waals surface area contributed by atoms with Gasteiger partial charge >= 0.3 is 7.60 Å². The maximum atomic E-state index is 12.1. The van der Waals surface area contributed by atoms with E-state index in [4.69, 9.17) is 9.05 Å². The maximum Gasteiger partial charge on any atom is 0.360 e. The molecule has 0 N–H and O–H groups in total. The Morgan fingerprint density at radius 1 is 1.20 bits per heavy atom. The van der Waals surface area contributed by atoms with E-state index in [-0.39, 0.29) is 0 Å². The third kappa shape index (κ3) is 1.86. The van der Waals surface area contributed by atoms with E-state index in [9.17, 15) is 4.57 Å². The van der Waals surface area contributed by atoms with Crippen LogP contribution in [0, 0.1) is 0 Å². The average Bonchev–Trinajstić information content (AvgIpc) is 2.74. The molecular formula is C10H11O3PS. The summed E-state index contributed by atoms with van der Waals surface area (Å²) in [6, 6.07) is 7.55. The Balaban J connectivity index is 2.56. The molecule has 15 heavy (non-hydrogen) atoms. The lowest BCUT2D eigenvalue weighted by molar-refractivity contribution is 0.287. The van der Waals surface area contributed by atoms with Gasteiger partial charge in [-0.2, -0.15) is 0 Å². The number of fused-ring (bicyclic) bond motifs is 1.